The van der Waals surface area contributed by atoms with Gasteiger partial charge in [0, 0.05) is 32.6 Å². The first-order chi connectivity index (χ1) is 9.15. The highest BCUT2D eigenvalue weighted by Gasteiger charge is 2.24. The number of hydrogen-bond acceptors (Lipinski definition) is 4. The number of carbonyl (C=O) groups is 2. The number of nitrogens with two attached hydrogens (primary N) is 1. The molecule has 108 valence electrons. The second-order valence-corrected chi connectivity index (χ2v) is 5.52. The number of piperidine rings is 1. The van der Waals surface area contributed by atoms with Crippen molar-refractivity contribution in [3.63, 3.8) is 0 Å². The summed E-state index contributed by atoms with van der Waals surface area (Å²) in [6, 6.07) is 0. The lowest BCUT2D eigenvalue weighted by molar-refractivity contribution is -0.133. The summed E-state index contributed by atoms with van der Waals surface area (Å²) >= 11 is 0. The molecule has 2 fully saturated rings. The molecule has 0 aromatic heterocycles. The van der Waals surface area contributed by atoms with Crippen molar-refractivity contribution in [1.82, 2.24) is 15.1 Å². The van der Waals surface area contributed by atoms with E-state index in [1.807, 2.05) is 4.90 Å². The molecular formula is C13H24N4O2. The number of carbonyl (C=O) groups excluding carboxylic acids is 2. The van der Waals surface area contributed by atoms with Crippen LogP contribution in [0.3, 0.4) is 0 Å². The minimum Gasteiger partial charge on any atom is -0.370 e. The van der Waals surface area contributed by atoms with Crippen LogP contribution in [0.2, 0.25) is 0 Å². The van der Waals surface area contributed by atoms with Crippen molar-refractivity contribution in [3.8, 4) is 0 Å². The van der Waals surface area contributed by atoms with Gasteiger partial charge in [0.25, 0.3) is 0 Å². The van der Waals surface area contributed by atoms with E-state index in [0.29, 0.717) is 18.9 Å². The Morgan fingerprint density at radius 3 is 2.32 bits per heavy atom. The predicted octanol–water partition coefficient (Wildman–Crippen LogP) is -0.994. The first kappa shape index (κ1) is 14.3. The Balaban J connectivity index is 1.69. The van der Waals surface area contributed by atoms with Gasteiger partial charge in [-0.3, -0.25) is 14.5 Å². The second-order valence-electron chi connectivity index (χ2n) is 5.52. The molecule has 2 heterocycles. The monoisotopic (exact) mass is 268 g/mol. The maximum Gasteiger partial charge on any atom is 0.236 e. The zero-order chi connectivity index (χ0) is 13.7. The van der Waals surface area contributed by atoms with Gasteiger partial charge in [0.05, 0.1) is 6.54 Å². The van der Waals surface area contributed by atoms with E-state index in [1.165, 1.54) is 0 Å². The number of nitrogens with zero attached hydrogens (tertiary/aromatic N) is 2. The lowest BCUT2D eigenvalue weighted by Gasteiger charge is -2.34. The first-order valence-electron chi connectivity index (χ1n) is 7.14. The van der Waals surface area contributed by atoms with Crippen molar-refractivity contribution in [2.75, 3.05) is 45.8 Å². The summed E-state index contributed by atoms with van der Waals surface area (Å²) in [6.45, 7) is 5.74. The van der Waals surface area contributed by atoms with E-state index >= 15 is 0 Å². The lowest BCUT2D eigenvalue weighted by Crippen LogP contribution is -2.50. The zero-order valence-electron chi connectivity index (χ0n) is 11.4. The van der Waals surface area contributed by atoms with Crippen molar-refractivity contribution in [2.24, 2.45) is 11.7 Å². The molecule has 2 amide bonds. The largest absolute Gasteiger partial charge is 0.370 e. The second kappa shape index (κ2) is 6.86. The van der Waals surface area contributed by atoms with Gasteiger partial charge in [-0.15, -0.1) is 0 Å². The Morgan fingerprint density at radius 1 is 1.11 bits per heavy atom. The molecule has 0 atom stereocenters. The highest BCUT2D eigenvalue weighted by Crippen LogP contribution is 2.20. The topological polar surface area (TPSA) is 78.7 Å². The highest BCUT2D eigenvalue weighted by molar-refractivity contribution is 5.78. The molecule has 6 nitrogen and oxygen atoms in total. The Bertz CT molecular complexity index is 321. The smallest absolute Gasteiger partial charge is 0.236 e. The minimum absolute atomic E-state index is 0.213. The van der Waals surface area contributed by atoms with Crippen LogP contribution in [0.25, 0.3) is 0 Å². The normalized spacial score (nSPS) is 22.4. The maximum absolute atomic E-state index is 12.1. The molecule has 0 bridgehead atoms. The molecule has 19 heavy (non-hydrogen) atoms. The first-order valence-corrected chi connectivity index (χ1v) is 7.14. The van der Waals surface area contributed by atoms with Crippen molar-refractivity contribution in [2.45, 2.75) is 19.3 Å². The van der Waals surface area contributed by atoms with Gasteiger partial charge in [0.2, 0.25) is 11.8 Å². The average Bonchev–Trinajstić information content (AvgIpc) is 2.41. The third-order valence-corrected chi connectivity index (χ3v) is 4.03. The Kier molecular flexibility index (Phi) is 5.15. The summed E-state index contributed by atoms with van der Waals surface area (Å²) in [5, 5.41) is 3.25. The number of piperazine rings is 1. The highest BCUT2D eigenvalue weighted by atomic mass is 16.2. The van der Waals surface area contributed by atoms with Crippen LogP contribution >= 0.6 is 0 Å². The SMILES string of the molecule is NC(=O)CC1CCN(CC(=O)N2CCNCC2)CC1. The van der Waals surface area contributed by atoms with Crippen LogP contribution in [0.4, 0.5) is 0 Å². The van der Waals surface area contributed by atoms with Gasteiger partial charge in [-0.2, -0.15) is 0 Å². The molecule has 2 aliphatic heterocycles. The van der Waals surface area contributed by atoms with Crippen LogP contribution < -0.4 is 11.1 Å². The Morgan fingerprint density at radius 2 is 1.74 bits per heavy atom. The number of likely N-dealkylation sites (tertiary alicyclic amines) is 1. The molecule has 0 unspecified atom stereocenters. The van der Waals surface area contributed by atoms with Gasteiger partial charge in [-0.25, -0.2) is 0 Å². The van der Waals surface area contributed by atoms with E-state index in [1.54, 1.807) is 0 Å². The van der Waals surface area contributed by atoms with Crippen molar-refractivity contribution < 1.29 is 9.59 Å². The summed E-state index contributed by atoms with van der Waals surface area (Å²) in [5.41, 5.74) is 5.22. The van der Waals surface area contributed by atoms with E-state index in [4.69, 9.17) is 5.73 Å². The molecule has 2 aliphatic rings. The van der Waals surface area contributed by atoms with Crippen LogP contribution in [0, 0.1) is 5.92 Å². The van der Waals surface area contributed by atoms with Crippen LogP contribution in [0.1, 0.15) is 19.3 Å². The lowest BCUT2D eigenvalue weighted by atomic mass is 9.93. The Hall–Kier alpha value is -1.14. The van der Waals surface area contributed by atoms with Crippen LogP contribution in [0.15, 0.2) is 0 Å². The van der Waals surface area contributed by atoms with Crippen LogP contribution in [-0.2, 0) is 9.59 Å². The van der Waals surface area contributed by atoms with Crippen molar-refractivity contribution in [3.05, 3.63) is 0 Å². The molecule has 0 spiro atoms. The molecule has 0 aromatic carbocycles. The van der Waals surface area contributed by atoms with Crippen LogP contribution in [0.5, 0.6) is 0 Å². The quantitative estimate of drug-likeness (QED) is 0.686. The summed E-state index contributed by atoms with van der Waals surface area (Å²) in [4.78, 5) is 27.1. The summed E-state index contributed by atoms with van der Waals surface area (Å²) < 4.78 is 0. The predicted molar refractivity (Wildman–Crippen MR) is 72.4 cm³/mol. The molecule has 0 aromatic rings. The van der Waals surface area contributed by atoms with Crippen LogP contribution in [-0.4, -0.2) is 67.4 Å². The Labute approximate surface area is 114 Å². The molecule has 2 rings (SSSR count). The fraction of sp³-hybridized carbons (Fsp3) is 0.846. The number of primary amides is 1. The van der Waals surface area contributed by atoms with E-state index in [9.17, 15) is 9.59 Å². The molecule has 2 saturated heterocycles. The van der Waals surface area contributed by atoms with E-state index in [-0.39, 0.29) is 11.8 Å². The van der Waals surface area contributed by atoms with Gasteiger partial charge in [-0.1, -0.05) is 0 Å². The molecule has 0 radical (unpaired) electrons. The average molecular weight is 268 g/mol. The molecule has 6 heteroatoms. The van der Waals surface area contributed by atoms with E-state index in [0.717, 1.165) is 52.1 Å². The van der Waals surface area contributed by atoms with Gasteiger partial charge < -0.3 is 16.0 Å². The number of nitrogens with one attached hydrogen (secondary N) is 1. The third kappa shape index (κ3) is 4.47. The summed E-state index contributed by atoms with van der Waals surface area (Å²) in [5.74, 6) is 0.424. The fourth-order valence-electron chi connectivity index (χ4n) is 2.84. The molecular weight excluding hydrogens is 244 g/mol. The van der Waals surface area contributed by atoms with Crippen molar-refractivity contribution >= 4 is 11.8 Å². The third-order valence-electron chi connectivity index (χ3n) is 4.03. The van der Waals surface area contributed by atoms with Gasteiger partial charge >= 0.3 is 0 Å². The van der Waals surface area contributed by atoms with E-state index in [2.05, 4.69) is 10.2 Å². The minimum atomic E-state index is -0.213. The zero-order valence-corrected chi connectivity index (χ0v) is 11.4. The molecule has 0 aliphatic carbocycles. The summed E-state index contributed by atoms with van der Waals surface area (Å²) in [6.07, 6.45) is 2.43. The molecule has 0 saturated carbocycles. The summed E-state index contributed by atoms with van der Waals surface area (Å²) in [7, 11) is 0. The standard InChI is InChI=1S/C13H24N4O2/c14-12(18)9-11-1-5-16(6-2-11)10-13(19)17-7-3-15-4-8-17/h11,15H,1-10H2,(H2,14,18). The number of amides is 2. The fourth-order valence-corrected chi connectivity index (χ4v) is 2.84. The van der Waals surface area contributed by atoms with E-state index < -0.39 is 0 Å². The molecule has 3 N–H and O–H groups in total. The number of hydrogen-bond donors (Lipinski definition) is 2. The maximum atomic E-state index is 12.1. The van der Waals surface area contributed by atoms with Crippen molar-refractivity contribution in [1.29, 1.82) is 0 Å². The number of rotatable bonds is 4. The van der Waals surface area contributed by atoms with Gasteiger partial charge in [0.1, 0.15) is 0 Å². The van der Waals surface area contributed by atoms with Gasteiger partial charge in [0.15, 0.2) is 0 Å². The van der Waals surface area contributed by atoms with Gasteiger partial charge in [-0.05, 0) is 31.8 Å².